The van der Waals surface area contributed by atoms with Gasteiger partial charge in [-0.25, -0.2) is 0 Å². The van der Waals surface area contributed by atoms with Gasteiger partial charge in [-0.1, -0.05) is 0 Å². The number of likely N-dealkylation sites (tertiary alicyclic amines) is 1. The monoisotopic (exact) mass is 242 g/mol. The standard InChI is InChI=1S/C12H22N2O3/c1-17-8-2-5-13-12(16)9-14-6-3-11(10-15)4-7-14/h10-11H,2-9H2,1H3,(H,13,16). The lowest BCUT2D eigenvalue weighted by molar-refractivity contribution is -0.122. The van der Waals surface area contributed by atoms with E-state index in [1.807, 2.05) is 0 Å². The number of carbonyl (C=O) groups excluding carboxylic acids is 2. The first-order valence-corrected chi connectivity index (χ1v) is 6.19. The molecule has 0 aromatic carbocycles. The maximum absolute atomic E-state index is 11.6. The van der Waals surface area contributed by atoms with Gasteiger partial charge in [0.15, 0.2) is 0 Å². The smallest absolute Gasteiger partial charge is 0.234 e. The third-order valence-electron chi connectivity index (χ3n) is 3.04. The fourth-order valence-corrected chi connectivity index (χ4v) is 1.95. The molecule has 5 heteroatoms. The van der Waals surface area contributed by atoms with Crippen molar-refractivity contribution in [2.24, 2.45) is 5.92 Å². The summed E-state index contributed by atoms with van der Waals surface area (Å²) in [6.07, 6.45) is 3.62. The summed E-state index contributed by atoms with van der Waals surface area (Å²) in [7, 11) is 1.65. The topological polar surface area (TPSA) is 58.6 Å². The van der Waals surface area contributed by atoms with Gasteiger partial charge in [-0.3, -0.25) is 9.69 Å². The minimum absolute atomic E-state index is 0.0608. The highest BCUT2D eigenvalue weighted by Crippen LogP contribution is 2.14. The van der Waals surface area contributed by atoms with Crippen LogP contribution in [0.2, 0.25) is 0 Å². The minimum Gasteiger partial charge on any atom is -0.385 e. The van der Waals surface area contributed by atoms with Crippen LogP contribution in [0.5, 0.6) is 0 Å². The Labute approximate surface area is 102 Å². The number of hydrogen-bond donors (Lipinski definition) is 1. The molecule has 5 nitrogen and oxygen atoms in total. The first-order chi connectivity index (χ1) is 8.26. The van der Waals surface area contributed by atoms with Crippen LogP contribution < -0.4 is 5.32 Å². The van der Waals surface area contributed by atoms with Crippen molar-refractivity contribution >= 4 is 12.2 Å². The van der Waals surface area contributed by atoms with Crippen LogP contribution in [0.3, 0.4) is 0 Å². The molecule has 1 heterocycles. The van der Waals surface area contributed by atoms with Crippen LogP contribution in [0.25, 0.3) is 0 Å². The van der Waals surface area contributed by atoms with Crippen molar-refractivity contribution in [1.29, 1.82) is 0 Å². The zero-order valence-electron chi connectivity index (χ0n) is 10.5. The molecule has 98 valence electrons. The van der Waals surface area contributed by atoms with Gasteiger partial charge in [-0.05, 0) is 32.4 Å². The lowest BCUT2D eigenvalue weighted by Crippen LogP contribution is -2.42. The lowest BCUT2D eigenvalue weighted by atomic mass is 9.99. The highest BCUT2D eigenvalue weighted by atomic mass is 16.5. The van der Waals surface area contributed by atoms with Gasteiger partial charge < -0.3 is 14.8 Å². The van der Waals surface area contributed by atoms with Crippen molar-refractivity contribution in [3.05, 3.63) is 0 Å². The number of aldehydes is 1. The Bertz CT molecular complexity index is 238. The molecule has 1 amide bonds. The highest BCUT2D eigenvalue weighted by molar-refractivity contribution is 5.78. The number of hydrogen-bond acceptors (Lipinski definition) is 4. The fraction of sp³-hybridized carbons (Fsp3) is 0.833. The molecule has 0 unspecified atom stereocenters. The van der Waals surface area contributed by atoms with Crippen molar-refractivity contribution in [2.75, 3.05) is 39.9 Å². The Morgan fingerprint density at radius 3 is 2.76 bits per heavy atom. The molecule has 1 saturated heterocycles. The van der Waals surface area contributed by atoms with E-state index in [0.29, 0.717) is 19.7 Å². The molecule has 0 bridgehead atoms. The summed E-state index contributed by atoms with van der Waals surface area (Å²) in [4.78, 5) is 24.2. The normalized spacial score (nSPS) is 17.9. The molecule has 0 saturated carbocycles. The van der Waals surface area contributed by atoms with Crippen LogP contribution in [-0.4, -0.2) is 57.0 Å². The summed E-state index contributed by atoms with van der Waals surface area (Å²) in [6.45, 7) is 3.46. The van der Waals surface area contributed by atoms with Gasteiger partial charge in [-0.15, -0.1) is 0 Å². The quantitative estimate of drug-likeness (QED) is 0.506. The van der Waals surface area contributed by atoms with E-state index in [9.17, 15) is 9.59 Å². The van der Waals surface area contributed by atoms with E-state index in [4.69, 9.17) is 4.74 Å². The predicted molar refractivity (Wildman–Crippen MR) is 64.7 cm³/mol. The molecule has 1 rings (SSSR count). The summed E-state index contributed by atoms with van der Waals surface area (Å²) in [5, 5.41) is 2.86. The number of nitrogens with one attached hydrogen (secondary N) is 1. The second kappa shape index (κ2) is 8.20. The summed E-state index contributed by atoms with van der Waals surface area (Å²) in [6, 6.07) is 0. The van der Waals surface area contributed by atoms with Gasteiger partial charge in [-0.2, -0.15) is 0 Å². The van der Waals surface area contributed by atoms with E-state index >= 15 is 0 Å². The number of methoxy groups -OCH3 is 1. The molecular formula is C12H22N2O3. The van der Waals surface area contributed by atoms with E-state index in [-0.39, 0.29) is 11.8 Å². The number of amides is 1. The van der Waals surface area contributed by atoms with Gasteiger partial charge in [0, 0.05) is 26.2 Å². The largest absolute Gasteiger partial charge is 0.385 e. The second-order valence-corrected chi connectivity index (χ2v) is 4.45. The Hall–Kier alpha value is -0.940. The van der Waals surface area contributed by atoms with E-state index in [0.717, 1.165) is 38.6 Å². The molecule has 0 radical (unpaired) electrons. The third-order valence-corrected chi connectivity index (χ3v) is 3.04. The van der Waals surface area contributed by atoms with Crippen LogP contribution >= 0.6 is 0 Å². The van der Waals surface area contributed by atoms with Crippen LogP contribution in [0.1, 0.15) is 19.3 Å². The van der Waals surface area contributed by atoms with Gasteiger partial charge in [0.1, 0.15) is 6.29 Å². The fourth-order valence-electron chi connectivity index (χ4n) is 1.95. The zero-order valence-corrected chi connectivity index (χ0v) is 10.5. The van der Waals surface area contributed by atoms with Crippen LogP contribution in [0.15, 0.2) is 0 Å². The van der Waals surface area contributed by atoms with Crippen molar-refractivity contribution in [3.63, 3.8) is 0 Å². The van der Waals surface area contributed by atoms with Gasteiger partial charge in [0.05, 0.1) is 6.54 Å². The third kappa shape index (κ3) is 5.79. The van der Waals surface area contributed by atoms with E-state index in [1.165, 1.54) is 0 Å². The number of piperidine rings is 1. The number of carbonyl (C=O) groups is 2. The first kappa shape index (κ1) is 14.1. The molecule has 1 aliphatic heterocycles. The molecule has 1 N–H and O–H groups in total. The van der Waals surface area contributed by atoms with Crippen LogP contribution in [0, 0.1) is 5.92 Å². The summed E-state index contributed by atoms with van der Waals surface area (Å²) in [5.74, 6) is 0.252. The number of rotatable bonds is 7. The summed E-state index contributed by atoms with van der Waals surface area (Å²) >= 11 is 0. The molecule has 0 spiro atoms. The molecule has 17 heavy (non-hydrogen) atoms. The van der Waals surface area contributed by atoms with Crippen molar-refractivity contribution in [2.45, 2.75) is 19.3 Å². The molecule has 0 atom stereocenters. The van der Waals surface area contributed by atoms with Crippen LogP contribution in [0.4, 0.5) is 0 Å². The Balaban J connectivity index is 2.08. The maximum atomic E-state index is 11.6. The highest BCUT2D eigenvalue weighted by Gasteiger charge is 2.19. The van der Waals surface area contributed by atoms with Crippen molar-refractivity contribution in [3.8, 4) is 0 Å². The minimum atomic E-state index is 0.0608. The van der Waals surface area contributed by atoms with Gasteiger partial charge in [0.2, 0.25) is 5.91 Å². The zero-order chi connectivity index (χ0) is 12.5. The molecule has 1 aliphatic rings. The van der Waals surface area contributed by atoms with E-state index < -0.39 is 0 Å². The van der Waals surface area contributed by atoms with Crippen molar-refractivity contribution in [1.82, 2.24) is 10.2 Å². The van der Waals surface area contributed by atoms with Crippen molar-refractivity contribution < 1.29 is 14.3 Å². The Morgan fingerprint density at radius 1 is 1.47 bits per heavy atom. The van der Waals surface area contributed by atoms with E-state index in [2.05, 4.69) is 10.2 Å². The average Bonchev–Trinajstić information content (AvgIpc) is 2.36. The Kier molecular flexibility index (Phi) is 6.81. The van der Waals surface area contributed by atoms with Crippen LogP contribution in [-0.2, 0) is 14.3 Å². The average molecular weight is 242 g/mol. The number of nitrogens with zero attached hydrogens (tertiary/aromatic N) is 1. The lowest BCUT2D eigenvalue weighted by Gasteiger charge is -2.28. The maximum Gasteiger partial charge on any atom is 0.234 e. The summed E-state index contributed by atoms with van der Waals surface area (Å²) < 4.78 is 4.90. The Morgan fingerprint density at radius 2 is 2.18 bits per heavy atom. The molecule has 0 aliphatic carbocycles. The summed E-state index contributed by atoms with van der Waals surface area (Å²) in [5.41, 5.74) is 0. The van der Waals surface area contributed by atoms with Gasteiger partial charge >= 0.3 is 0 Å². The molecule has 1 fully saturated rings. The molecular weight excluding hydrogens is 220 g/mol. The number of ether oxygens (including phenoxy) is 1. The SMILES string of the molecule is COCCCNC(=O)CN1CCC(C=O)CC1. The predicted octanol–water partition coefficient (Wildman–Crippen LogP) is 0.0500. The second-order valence-electron chi connectivity index (χ2n) is 4.45. The van der Waals surface area contributed by atoms with E-state index in [1.54, 1.807) is 7.11 Å². The molecule has 0 aromatic heterocycles. The van der Waals surface area contributed by atoms with Gasteiger partial charge in [0.25, 0.3) is 0 Å². The first-order valence-electron chi connectivity index (χ1n) is 6.19. The molecule has 0 aromatic rings.